The van der Waals surface area contributed by atoms with E-state index >= 15 is 0 Å². The van der Waals surface area contributed by atoms with E-state index in [0.29, 0.717) is 11.9 Å². The van der Waals surface area contributed by atoms with Crippen molar-refractivity contribution in [1.29, 1.82) is 0 Å². The zero-order chi connectivity index (χ0) is 13.1. The maximum Gasteiger partial charge on any atom is 0.337 e. The van der Waals surface area contributed by atoms with Gasteiger partial charge < -0.3 is 15.3 Å². The van der Waals surface area contributed by atoms with Crippen molar-refractivity contribution >= 4 is 23.4 Å². The van der Waals surface area contributed by atoms with E-state index in [1.54, 1.807) is 0 Å². The van der Waals surface area contributed by atoms with Gasteiger partial charge in [0.2, 0.25) is 0 Å². The molecule has 98 valence electrons. The summed E-state index contributed by atoms with van der Waals surface area (Å²) in [5, 5.41) is 12.4. The number of halogens is 1. The molecule has 2 heterocycles. The van der Waals surface area contributed by atoms with Crippen LogP contribution in [-0.2, 0) is 0 Å². The number of aromatic carboxylic acids is 1. The van der Waals surface area contributed by atoms with Gasteiger partial charge in [0.05, 0.1) is 10.6 Å². The summed E-state index contributed by atoms with van der Waals surface area (Å²) in [6.45, 7) is 2.04. The lowest BCUT2D eigenvalue weighted by molar-refractivity contribution is 0.0697. The molecule has 1 fully saturated rings. The normalized spacial score (nSPS) is 20.7. The Morgan fingerprint density at radius 3 is 3.11 bits per heavy atom. The molecule has 1 saturated heterocycles. The van der Waals surface area contributed by atoms with Crippen molar-refractivity contribution in [3.63, 3.8) is 0 Å². The van der Waals surface area contributed by atoms with Crippen molar-refractivity contribution < 1.29 is 9.90 Å². The highest BCUT2D eigenvalue weighted by atomic mass is 35.5. The molecule has 1 aliphatic rings. The van der Waals surface area contributed by atoms with Crippen LogP contribution in [0.25, 0.3) is 0 Å². The lowest BCUT2D eigenvalue weighted by Gasteiger charge is -2.30. The fourth-order valence-corrected chi connectivity index (χ4v) is 2.36. The molecule has 0 radical (unpaired) electrons. The van der Waals surface area contributed by atoms with Crippen LogP contribution in [0, 0.1) is 0 Å². The fourth-order valence-electron chi connectivity index (χ4n) is 2.17. The summed E-state index contributed by atoms with van der Waals surface area (Å²) >= 11 is 5.78. The Morgan fingerprint density at radius 2 is 2.44 bits per heavy atom. The van der Waals surface area contributed by atoms with Crippen LogP contribution in [-0.4, -0.2) is 47.1 Å². The number of likely N-dealkylation sites (N-methyl/N-ethyl adjacent to an activating group) is 1. The molecule has 2 rings (SSSR count). The fraction of sp³-hybridized carbons (Fsp3) is 0.500. The number of aromatic nitrogens is 1. The molecular formula is C12H16ClN3O2. The summed E-state index contributed by atoms with van der Waals surface area (Å²) in [4.78, 5) is 17.3. The summed E-state index contributed by atoms with van der Waals surface area (Å²) < 4.78 is 0. The van der Waals surface area contributed by atoms with Gasteiger partial charge in [-0.1, -0.05) is 11.6 Å². The number of likely N-dealkylation sites (tertiary alicyclic amines) is 1. The summed E-state index contributed by atoms with van der Waals surface area (Å²) in [6, 6.07) is 1.79. The topological polar surface area (TPSA) is 65.5 Å². The molecule has 1 atom stereocenters. The number of pyridine rings is 1. The van der Waals surface area contributed by atoms with Gasteiger partial charge in [0, 0.05) is 18.8 Å². The lowest BCUT2D eigenvalue weighted by atomic mass is 10.1. The molecular weight excluding hydrogens is 254 g/mol. The number of nitrogens with zero attached hydrogens (tertiary/aromatic N) is 2. The molecule has 0 saturated carbocycles. The quantitative estimate of drug-likeness (QED) is 0.878. The monoisotopic (exact) mass is 269 g/mol. The number of hydrogen-bond donors (Lipinski definition) is 2. The number of rotatable bonds is 3. The summed E-state index contributed by atoms with van der Waals surface area (Å²) in [5.74, 6) is -0.469. The average Bonchev–Trinajstić information content (AvgIpc) is 2.31. The number of carboxylic acid groups (broad SMARTS) is 1. The highest BCUT2D eigenvalue weighted by Crippen LogP contribution is 2.20. The SMILES string of the molecule is CN1CCCC(Nc2cc(C(=O)O)c(Cl)cn2)C1. The minimum atomic E-state index is -1.04. The number of carboxylic acids is 1. The van der Waals surface area contributed by atoms with Crippen LogP contribution in [0.15, 0.2) is 12.3 Å². The Kier molecular flexibility index (Phi) is 4.04. The minimum Gasteiger partial charge on any atom is -0.478 e. The predicted molar refractivity (Wildman–Crippen MR) is 70.3 cm³/mol. The number of anilines is 1. The molecule has 0 aliphatic carbocycles. The average molecular weight is 270 g/mol. The van der Waals surface area contributed by atoms with Crippen LogP contribution < -0.4 is 5.32 Å². The molecule has 1 aromatic heterocycles. The Balaban J connectivity index is 2.09. The number of hydrogen-bond acceptors (Lipinski definition) is 4. The van der Waals surface area contributed by atoms with Crippen LogP contribution in [0.2, 0.25) is 5.02 Å². The first-order valence-electron chi connectivity index (χ1n) is 5.90. The van der Waals surface area contributed by atoms with Crippen molar-refractivity contribution in [2.24, 2.45) is 0 Å². The van der Waals surface area contributed by atoms with Gasteiger partial charge >= 0.3 is 5.97 Å². The molecule has 0 aromatic carbocycles. The van der Waals surface area contributed by atoms with E-state index in [-0.39, 0.29) is 10.6 Å². The molecule has 1 aromatic rings. The number of piperidine rings is 1. The molecule has 1 unspecified atom stereocenters. The largest absolute Gasteiger partial charge is 0.478 e. The molecule has 0 spiro atoms. The Bertz CT molecular complexity index is 453. The highest BCUT2D eigenvalue weighted by molar-refractivity contribution is 6.33. The van der Waals surface area contributed by atoms with Crippen molar-refractivity contribution in [3.8, 4) is 0 Å². The molecule has 18 heavy (non-hydrogen) atoms. The first-order chi connectivity index (χ1) is 8.56. The second kappa shape index (κ2) is 5.54. The zero-order valence-corrected chi connectivity index (χ0v) is 10.9. The van der Waals surface area contributed by atoms with E-state index in [9.17, 15) is 4.79 Å². The van der Waals surface area contributed by atoms with Crippen molar-refractivity contribution in [3.05, 3.63) is 22.8 Å². The molecule has 0 amide bonds. The second-order valence-electron chi connectivity index (χ2n) is 4.60. The van der Waals surface area contributed by atoms with Gasteiger partial charge in [0.15, 0.2) is 0 Å². The predicted octanol–water partition coefficient (Wildman–Crippen LogP) is 1.94. The van der Waals surface area contributed by atoms with Gasteiger partial charge in [-0.05, 0) is 32.5 Å². The van der Waals surface area contributed by atoms with Gasteiger partial charge in [-0.15, -0.1) is 0 Å². The van der Waals surface area contributed by atoms with Crippen LogP contribution in [0.4, 0.5) is 5.82 Å². The van der Waals surface area contributed by atoms with Crippen molar-refractivity contribution in [1.82, 2.24) is 9.88 Å². The third kappa shape index (κ3) is 3.11. The lowest BCUT2D eigenvalue weighted by Crippen LogP contribution is -2.39. The van der Waals surface area contributed by atoms with Gasteiger partial charge in [-0.25, -0.2) is 9.78 Å². The molecule has 5 nitrogen and oxygen atoms in total. The first kappa shape index (κ1) is 13.1. The molecule has 2 N–H and O–H groups in total. The van der Waals surface area contributed by atoms with Gasteiger partial charge in [0.1, 0.15) is 5.82 Å². The Hall–Kier alpha value is -1.33. The second-order valence-corrected chi connectivity index (χ2v) is 5.01. The highest BCUT2D eigenvalue weighted by Gasteiger charge is 2.18. The standard InChI is InChI=1S/C12H16ClN3O2/c1-16-4-2-3-8(7-16)15-11-5-9(12(17)18)10(13)6-14-11/h5-6,8H,2-4,7H2,1H3,(H,14,15)(H,17,18). The van der Waals surface area contributed by atoms with Gasteiger partial charge in [-0.2, -0.15) is 0 Å². The van der Waals surface area contributed by atoms with E-state index in [2.05, 4.69) is 22.2 Å². The zero-order valence-electron chi connectivity index (χ0n) is 10.2. The van der Waals surface area contributed by atoms with Crippen LogP contribution in [0.3, 0.4) is 0 Å². The van der Waals surface area contributed by atoms with Crippen LogP contribution in [0.1, 0.15) is 23.2 Å². The van der Waals surface area contributed by atoms with E-state index < -0.39 is 5.97 Å². The number of carbonyl (C=O) groups is 1. The Morgan fingerprint density at radius 1 is 1.67 bits per heavy atom. The van der Waals surface area contributed by atoms with Gasteiger partial charge in [0.25, 0.3) is 0 Å². The maximum atomic E-state index is 11.0. The van der Waals surface area contributed by atoms with E-state index in [0.717, 1.165) is 25.9 Å². The van der Waals surface area contributed by atoms with Gasteiger partial charge in [-0.3, -0.25) is 0 Å². The summed E-state index contributed by atoms with van der Waals surface area (Å²) in [7, 11) is 2.08. The molecule has 0 bridgehead atoms. The van der Waals surface area contributed by atoms with Crippen molar-refractivity contribution in [2.45, 2.75) is 18.9 Å². The minimum absolute atomic E-state index is 0.0818. The third-order valence-electron chi connectivity index (χ3n) is 3.06. The molecule has 6 heteroatoms. The van der Waals surface area contributed by atoms with Crippen molar-refractivity contribution in [2.75, 3.05) is 25.5 Å². The maximum absolute atomic E-state index is 11.0. The summed E-state index contributed by atoms with van der Waals surface area (Å²) in [5.41, 5.74) is 0.0818. The van der Waals surface area contributed by atoms with Crippen LogP contribution >= 0.6 is 11.6 Å². The number of nitrogens with one attached hydrogen (secondary N) is 1. The van der Waals surface area contributed by atoms with Crippen LogP contribution in [0.5, 0.6) is 0 Å². The van der Waals surface area contributed by atoms with E-state index in [4.69, 9.17) is 16.7 Å². The smallest absolute Gasteiger partial charge is 0.337 e. The first-order valence-corrected chi connectivity index (χ1v) is 6.28. The Labute approximate surface area is 111 Å². The summed E-state index contributed by atoms with van der Waals surface area (Å²) in [6.07, 6.45) is 3.57. The molecule has 1 aliphatic heterocycles. The third-order valence-corrected chi connectivity index (χ3v) is 3.36. The van der Waals surface area contributed by atoms with E-state index in [1.165, 1.54) is 12.3 Å². The van der Waals surface area contributed by atoms with E-state index in [1.807, 2.05) is 0 Å².